The van der Waals surface area contributed by atoms with Crippen molar-refractivity contribution in [1.29, 1.82) is 0 Å². The number of hydrogen-bond acceptors (Lipinski definition) is 6. The average molecular weight is 542 g/mol. The molecule has 37 heavy (non-hydrogen) atoms. The lowest BCUT2D eigenvalue weighted by Gasteiger charge is -2.34. The van der Waals surface area contributed by atoms with E-state index >= 15 is 0 Å². The molecule has 0 aromatic carbocycles. The molecule has 0 aliphatic heterocycles. The Hall–Kier alpha value is -1.57. The zero-order valence-corrected chi connectivity index (χ0v) is 26.3. The summed E-state index contributed by atoms with van der Waals surface area (Å²) in [6, 6.07) is -0.00951. The highest BCUT2D eigenvalue weighted by Crippen LogP contribution is 2.30. The van der Waals surface area contributed by atoms with E-state index in [1.54, 1.807) is 4.90 Å². The van der Waals surface area contributed by atoms with Gasteiger partial charge in [-0.15, -0.1) is 11.8 Å². The van der Waals surface area contributed by atoms with Crippen LogP contribution in [0.1, 0.15) is 107 Å². The fourth-order valence-corrected chi connectivity index (χ4v) is 4.89. The minimum absolute atomic E-state index is 0.0182. The number of thioether (sulfide) groups is 1. The molecule has 0 fully saturated rings. The van der Waals surface area contributed by atoms with Gasteiger partial charge in [-0.05, 0) is 42.8 Å². The van der Waals surface area contributed by atoms with E-state index in [9.17, 15) is 14.4 Å². The van der Waals surface area contributed by atoms with E-state index in [4.69, 9.17) is 4.74 Å². The first-order chi connectivity index (χ1) is 17.2. The number of esters is 1. The lowest BCUT2D eigenvalue weighted by Crippen LogP contribution is -2.44. The van der Waals surface area contributed by atoms with E-state index in [0.29, 0.717) is 23.8 Å². The molecule has 8 heteroatoms. The Morgan fingerprint density at radius 3 is 2.14 bits per heavy atom. The molecule has 4 atom stereocenters. The van der Waals surface area contributed by atoms with E-state index in [1.807, 2.05) is 13.3 Å². The molecule has 0 aromatic heterocycles. The molecule has 0 saturated carbocycles. The van der Waals surface area contributed by atoms with Gasteiger partial charge in [-0.3, -0.25) is 19.4 Å². The highest BCUT2D eigenvalue weighted by molar-refractivity contribution is 8.13. The number of rotatable bonds is 16. The van der Waals surface area contributed by atoms with Gasteiger partial charge < -0.3 is 15.0 Å². The summed E-state index contributed by atoms with van der Waals surface area (Å²) in [7, 11) is 1.82. The van der Waals surface area contributed by atoms with Gasteiger partial charge in [0.2, 0.25) is 11.8 Å². The molecule has 0 radical (unpaired) electrons. The quantitative estimate of drug-likeness (QED) is 0.145. The molecule has 1 N–H and O–H groups in total. The van der Waals surface area contributed by atoms with Gasteiger partial charge in [-0.2, -0.15) is 0 Å². The Morgan fingerprint density at radius 1 is 1.05 bits per heavy atom. The smallest absolute Gasteiger partial charge is 0.303 e. The second-order valence-electron chi connectivity index (χ2n) is 11.7. The number of carbonyl (C=O) groups is 3. The van der Waals surface area contributed by atoms with Crippen molar-refractivity contribution in [3.8, 4) is 0 Å². The monoisotopic (exact) mass is 541 g/mol. The number of aliphatic imine (C=N–C) groups is 1. The van der Waals surface area contributed by atoms with Gasteiger partial charge in [0.1, 0.15) is 11.6 Å². The van der Waals surface area contributed by atoms with Crippen LogP contribution in [0.4, 0.5) is 0 Å². The molecule has 0 heterocycles. The summed E-state index contributed by atoms with van der Waals surface area (Å²) in [6.07, 6.45) is 6.86. The first-order valence-corrected chi connectivity index (χ1v) is 15.2. The normalized spacial score (nSPS) is 15.6. The van der Waals surface area contributed by atoms with Gasteiger partial charge in [0, 0.05) is 38.9 Å². The maximum atomic E-state index is 12.9. The summed E-state index contributed by atoms with van der Waals surface area (Å²) < 4.78 is 5.68. The SMILES string of the molecule is CCCCC(=O)N(C)C(CC(OC(C)=O)C(=NCC(=O)NC(CCC)CC(C)C(C)(C)C)SC)C(C)C. The lowest BCUT2D eigenvalue weighted by molar-refractivity contribution is -0.144. The second-order valence-corrected chi connectivity index (χ2v) is 12.5. The first-order valence-electron chi connectivity index (χ1n) is 14.0. The van der Waals surface area contributed by atoms with Crippen molar-refractivity contribution >= 4 is 34.6 Å². The van der Waals surface area contributed by atoms with E-state index in [1.165, 1.54) is 18.7 Å². The fourth-order valence-electron chi connectivity index (χ4n) is 4.28. The van der Waals surface area contributed by atoms with Gasteiger partial charge >= 0.3 is 5.97 Å². The van der Waals surface area contributed by atoms with Gasteiger partial charge in [0.05, 0.1) is 0 Å². The minimum atomic E-state index is -0.610. The standard InChI is InChI=1S/C29H55N3O4S/c1-12-14-16-27(35)32(10)24(20(3)4)18-25(36-22(6)33)28(37-11)30-19-26(34)31-23(15-13-2)17-21(5)29(7,8)9/h20-21,23-25H,12-19H2,1-11H3,(H,31,34). The Labute approximate surface area is 231 Å². The van der Waals surface area contributed by atoms with Crippen molar-refractivity contribution in [3.63, 3.8) is 0 Å². The molecule has 216 valence electrons. The highest BCUT2D eigenvalue weighted by atomic mass is 32.2. The molecule has 0 aliphatic carbocycles. The fraction of sp³-hybridized carbons (Fsp3) is 0.862. The molecule has 2 amide bonds. The average Bonchev–Trinajstić information content (AvgIpc) is 2.79. The summed E-state index contributed by atoms with van der Waals surface area (Å²) in [5.74, 6) is 0.195. The zero-order chi connectivity index (χ0) is 28.8. The van der Waals surface area contributed by atoms with Crippen LogP contribution in [0.25, 0.3) is 0 Å². The Bertz CT molecular complexity index is 733. The van der Waals surface area contributed by atoms with Crippen LogP contribution < -0.4 is 5.32 Å². The van der Waals surface area contributed by atoms with Gasteiger partial charge in [0.15, 0.2) is 6.10 Å². The number of ether oxygens (including phenoxy) is 1. The summed E-state index contributed by atoms with van der Waals surface area (Å²) >= 11 is 1.38. The van der Waals surface area contributed by atoms with Crippen LogP contribution in [-0.2, 0) is 19.1 Å². The first kappa shape index (κ1) is 35.4. The number of carbonyl (C=O) groups excluding carboxylic acids is 3. The maximum absolute atomic E-state index is 12.9. The molecule has 0 spiro atoms. The topological polar surface area (TPSA) is 88.1 Å². The van der Waals surface area contributed by atoms with E-state index in [0.717, 1.165) is 32.1 Å². The van der Waals surface area contributed by atoms with Crippen molar-refractivity contribution in [3.05, 3.63) is 0 Å². The lowest BCUT2D eigenvalue weighted by atomic mass is 9.78. The van der Waals surface area contributed by atoms with Crippen molar-refractivity contribution in [1.82, 2.24) is 10.2 Å². The van der Waals surface area contributed by atoms with Crippen LogP contribution in [0, 0.1) is 17.3 Å². The van der Waals surface area contributed by atoms with Crippen molar-refractivity contribution < 1.29 is 19.1 Å². The maximum Gasteiger partial charge on any atom is 0.303 e. The molecule has 0 aliphatic rings. The summed E-state index contributed by atoms with van der Waals surface area (Å²) in [5.41, 5.74) is 0.177. The third kappa shape index (κ3) is 14.2. The number of hydrogen-bond donors (Lipinski definition) is 1. The third-order valence-corrected chi connectivity index (χ3v) is 7.96. The predicted molar refractivity (Wildman–Crippen MR) is 157 cm³/mol. The van der Waals surface area contributed by atoms with Gasteiger partial charge in [-0.1, -0.05) is 68.2 Å². The largest absolute Gasteiger partial charge is 0.455 e. The van der Waals surface area contributed by atoms with Crippen LogP contribution in [0.3, 0.4) is 0 Å². The number of amides is 2. The van der Waals surface area contributed by atoms with Crippen LogP contribution in [0.2, 0.25) is 0 Å². The van der Waals surface area contributed by atoms with Crippen molar-refractivity contribution in [2.45, 2.75) is 125 Å². The van der Waals surface area contributed by atoms with E-state index < -0.39 is 12.1 Å². The minimum Gasteiger partial charge on any atom is -0.455 e. The molecule has 0 rings (SSSR count). The molecular weight excluding hydrogens is 486 g/mol. The van der Waals surface area contributed by atoms with Crippen LogP contribution in [0.15, 0.2) is 4.99 Å². The van der Waals surface area contributed by atoms with Gasteiger partial charge in [-0.25, -0.2) is 0 Å². The third-order valence-electron chi connectivity index (χ3n) is 7.15. The molecular formula is C29H55N3O4S. The van der Waals surface area contributed by atoms with Crippen LogP contribution in [0.5, 0.6) is 0 Å². The van der Waals surface area contributed by atoms with E-state index in [-0.39, 0.29) is 41.8 Å². The van der Waals surface area contributed by atoms with Crippen molar-refractivity contribution in [2.24, 2.45) is 22.2 Å². The Kier molecular flexibility index (Phi) is 17.1. The molecule has 0 bridgehead atoms. The molecule has 0 saturated heterocycles. The summed E-state index contributed by atoms with van der Waals surface area (Å²) in [6.45, 7) is 18.6. The molecule has 0 aromatic rings. The summed E-state index contributed by atoms with van der Waals surface area (Å²) in [5, 5.41) is 3.77. The Balaban J connectivity index is 5.61. The molecule has 7 nitrogen and oxygen atoms in total. The van der Waals surface area contributed by atoms with Gasteiger partial charge in [0.25, 0.3) is 0 Å². The number of nitrogens with zero attached hydrogens (tertiary/aromatic N) is 2. The second kappa shape index (κ2) is 17.8. The Morgan fingerprint density at radius 2 is 1.68 bits per heavy atom. The number of nitrogens with one attached hydrogen (secondary N) is 1. The van der Waals surface area contributed by atoms with E-state index in [2.05, 4.69) is 65.7 Å². The zero-order valence-electron chi connectivity index (χ0n) is 25.5. The summed E-state index contributed by atoms with van der Waals surface area (Å²) in [4.78, 5) is 43.9. The van der Waals surface area contributed by atoms with Crippen LogP contribution in [-0.4, -0.2) is 65.8 Å². The predicted octanol–water partition coefficient (Wildman–Crippen LogP) is 6.10. The molecule has 4 unspecified atom stereocenters. The van der Waals surface area contributed by atoms with Crippen LogP contribution >= 0.6 is 11.8 Å². The number of unbranched alkanes of at least 4 members (excludes halogenated alkanes) is 1. The van der Waals surface area contributed by atoms with Crippen molar-refractivity contribution in [2.75, 3.05) is 19.8 Å². The highest BCUT2D eigenvalue weighted by Gasteiger charge is 2.30.